The van der Waals surface area contributed by atoms with Crippen molar-refractivity contribution < 1.29 is 0 Å². The summed E-state index contributed by atoms with van der Waals surface area (Å²) in [6.45, 7) is 2.03. The number of halogens is 2. The summed E-state index contributed by atoms with van der Waals surface area (Å²) in [6.07, 6.45) is 0.847. The number of nitrogens with one attached hydrogen (secondary N) is 1. The molecule has 0 amide bonds. The van der Waals surface area contributed by atoms with Gasteiger partial charge in [-0.05, 0) is 6.42 Å². The van der Waals surface area contributed by atoms with Gasteiger partial charge in [0, 0.05) is 11.8 Å². The number of aryl methyl sites for hydroxylation is 1. The predicted molar refractivity (Wildman–Crippen MR) is 53.3 cm³/mol. The number of H-pyrrole nitrogens is 1. The molecular formula is C8H7Cl2N3. The number of hydrogen-bond donors (Lipinski definition) is 1. The summed E-state index contributed by atoms with van der Waals surface area (Å²) in [5.41, 5.74) is 1.76. The van der Waals surface area contributed by atoms with Crippen LogP contribution in [0.15, 0.2) is 6.07 Å². The molecule has 2 aromatic rings. The van der Waals surface area contributed by atoms with Crippen molar-refractivity contribution in [1.82, 2.24) is 15.2 Å². The van der Waals surface area contributed by atoms with E-state index in [1.54, 1.807) is 6.07 Å². The number of aromatic amines is 1. The molecule has 68 valence electrons. The molecule has 0 aliphatic rings. The molecule has 0 atom stereocenters. The average Bonchev–Trinajstić information content (AvgIpc) is 2.47. The van der Waals surface area contributed by atoms with E-state index >= 15 is 0 Å². The van der Waals surface area contributed by atoms with E-state index in [1.807, 2.05) is 6.92 Å². The van der Waals surface area contributed by atoms with E-state index in [-0.39, 0.29) is 0 Å². The molecule has 0 aliphatic heterocycles. The minimum absolute atomic E-state index is 0.367. The van der Waals surface area contributed by atoms with E-state index in [9.17, 15) is 0 Å². The monoisotopic (exact) mass is 215 g/mol. The molecule has 0 unspecified atom stereocenters. The first kappa shape index (κ1) is 8.78. The topological polar surface area (TPSA) is 41.6 Å². The van der Waals surface area contributed by atoms with Crippen molar-refractivity contribution in [3.63, 3.8) is 0 Å². The van der Waals surface area contributed by atoms with E-state index in [4.69, 9.17) is 23.2 Å². The number of rotatable bonds is 1. The van der Waals surface area contributed by atoms with E-state index < -0.39 is 0 Å². The first-order valence-corrected chi connectivity index (χ1v) is 4.67. The van der Waals surface area contributed by atoms with E-state index in [0.29, 0.717) is 10.3 Å². The fourth-order valence-electron chi connectivity index (χ4n) is 1.28. The van der Waals surface area contributed by atoms with Crippen LogP contribution in [0.2, 0.25) is 10.3 Å². The number of aromatic nitrogens is 3. The Bertz CT molecular complexity index is 450. The third kappa shape index (κ3) is 1.38. The third-order valence-corrected chi connectivity index (χ3v) is 2.36. The summed E-state index contributed by atoms with van der Waals surface area (Å²) in [7, 11) is 0. The summed E-state index contributed by atoms with van der Waals surface area (Å²) in [5.74, 6) is 0. The first-order valence-electron chi connectivity index (χ1n) is 3.91. The highest BCUT2D eigenvalue weighted by molar-refractivity contribution is 6.36. The smallest absolute Gasteiger partial charge is 0.142 e. The van der Waals surface area contributed by atoms with Gasteiger partial charge in [0.15, 0.2) is 0 Å². The molecule has 0 fully saturated rings. The second-order valence-corrected chi connectivity index (χ2v) is 3.43. The molecule has 0 aromatic carbocycles. The summed E-state index contributed by atoms with van der Waals surface area (Å²) < 4.78 is 0. The van der Waals surface area contributed by atoms with Crippen molar-refractivity contribution >= 4 is 34.1 Å². The van der Waals surface area contributed by atoms with Crippen LogP contribution in [0.3, 0.4) is 0 Å². The lowest BCUT2D eigenvalue weighted by Crippen LogP contribution is -1.83. The van der Waals surface area contributed by atoms with Crippen LogP contribution in [0, 0.1) is 0 Å². The largest absolute Gasteiger partial charge is 0.281 e. The van der Waals surface area contributed by atoms with E-state index in [2.05, 4.69) is 15.2 Å². The Morgan fingerprint density at radius 3 is 2.92 bits per heavy atom. The second kappa shape index (κ2) is 3.16. The Morgan fingerprint density at radius 2 is 2.23 bits per heavy atom. The highest BCUT2D eigenvalue weighted by atomic mass is 35.5. The standard InChI is InChI=1S/C8H7Cl2N3/c1-2-4-7-5(13-12-4)3-6(9)11-8(7)10/h3H,2H2,1H3,(H,12,13). The highest BCUT2D eigenvalue weighted by Crippen LogP contribution is 2.25. The number of nitrogens with zero attached hydrogens (tertiary/aromatic N) is 2. The van der Waals surface area contributed by atoms with Crippen molar-refractivity contribution in [2.75, 3.05) is 0 Å². The van der Waals surface area contributed by atoms with Crippen LogP contribution >= 0.6 is 23.2 Å². The van der Waals surface area contributed by atoms with Gasteiger partial charge in [0.25, 0.3) is 0 Å². The van der Waals surface area contributed by atoms with E-state index in [1.165, 1.54) is 0 Å². The molecule has 0 saturated carbocycles. The molecule has 3 nitrogen and oxygen atoms in total. The Balaban J connectivity index is 2.82. The lowest BCUT2D eigenvalue weighted by Gasteiger charge is -1.95. The van der Waals surface area contributed by atoms with Gasteiger partial charge in [0.05, 0.1) is 10.9 Å². The van der Waals surface area contributed by atoms with Crippen LogP contribution in [0.1, 0.15) is 12.6 Å². The molecule has 0 radical (unpaired) electrons. The summed E-state index contributed by atoms with van der Waals surface area (Å²) in [4.78, 5) is 3.95. The van der Waals surface area contributed by atoms with Gasteiger partial charge in [-0.3, -0.25) is 5.10 Å². The van der Waals surface area contributed by atoms with E-state index in [0.717, 1.165) is 23.0 Å². The average molecular weight is 216 g/mol. The molecular weight excluding hydrogens is 209 g/mol. The van der Waals surface area contributed by atoms with Crippen LogP contribution in [-0.2, 0) is 6.42 Å². The van der Waals surface area contributed by atoms with Crippen LogP contribution in [0.25, 0.3) is 10.9 Å². The quantitative estimate of drug-likeness (QED) is 0.744. The summed E-state index contributed by atoms with van der Waals surface area (Å²) >= 11 is 11.7. The molecule has 2 aromatic heterocycles. The van der Waals surface area contributed by atoms with Crippen molar-refractivity contribution in [2.24, 2.45) is 0 Å². The highest BCUT2D eigenvalue weighted by Gasteiger charge is 2.09. The Labute approximate surface area is 85.1 Å². The zero-order valence-electron chi connectivity index (χ0n) is 6.93. The van der Waals surface area contributed by atoms with Gasteiger partial charge in [0.2, 0.25) is 0 Å². The third-order valence-electron chi connectivity index (χ3n) is 1.89. The Kier molecular flexibility index (Phi) is 2.14. The van der Waals surface area contributed by atoms with Gasteiger partial charge >= 0.3 is 0 Å². The zero-order valence-corrected chi connectivity index (χ0v) is 8.45. The molecule has 2 heterocycles. The maximum absolute atomic E-state index is 5.93. The fourth-order valence-corrected chi connectivity index (χ4v) is 1.81. The summed E-state index contributed by atoms with van der Waals surface area (Å²) in [5, 5.41) is 8.62. The second-order valence-electron chi connectivity index (χ2n) is 2.69. The number of hydrogen-bond acceptors (Lipinski definition) is 2. The predicted octanol–water partition coefficient (Wildman–Crippen LogP) is 2.83. The van der Waals surface area contributed by atoms with Gasteiger partial charge in [-0.2, -0.15) is 5.10 Å². The van der Waals surface area contributed by atoms with Gasteiger partial charge in [0.1, 0.15) is 10.3 Å². The molecule has 13 heavy (non-hydrogen) atoms. The SMILES string of the molecule is CCc1[nH]nc2cc(Cl)nc(Cl)c12. The first-order chi connectivity index (χ1) is 6.22. The van der Waals surface area contributed by atoms with Gasteiger partial charge in [-0.1, -0.05) is 30.1 Å². The maximum Gasteiger partial charge on any atom is 0.142 e. The molecule has 2 rings (SSSR count). The molecule has 0 aliphatic carbocycles. The summed E-state index contributed by atoms with van der Waals surface area (Å²) in [6, 6.07) is 1.69. The Hall–Kier alpha value is -0.800. The lowest BCUT2D eigenvalue weighted by atomic mass is 10.2. The van der Waals surface area contributed by atoms with Crippen molar-refractivity contribution in [1.29, 1.82) is 0 Å². The molecule has 5 heteroatoms. The van der Waals surface area contributed by atoms with Gasteiger partial charge < -0.3 is 0 Å². The zero-order chi connectivity index (χ0) is 9.42. The van der Waals surface area contributed by atoms with Crippen molar-refractivity contribution in [2.45, 2.75) is 13.3 Å². The normalized spacial score (nSPS) is 11.0. The maximum atomic E-state index is 5.93. The number of fused-ring (bicyclic) bond motifs is 1. The molecule has 0 bridgehead atoms. The minimum Gasteiger partial charge on any atom is -0.281 e. The molecule has 0 spiro atoms. The van der Waals surface area contributed by atoms with Gasteiger partial charge in [-0.15, -0.1) is 0 Å². The van der Waals surface area contributed by atoms with Crippen molar-refractivity contribution in [3.8, 4) is 0 Å². The Morgan fingerprint density at radius 1 is 1.46 bits per heavy atom. The minimum atomic E-state index is 0.367. The van der Waals surface area contributed by atoms with Crippen LogP contribution in [0.5, 0.6) is 0 Å². The van der Waals surface area contributed by atoms with Gasteiger partial charge in [-0.25, -0.2) is 4.98 Å². The lowest BCUT2D eigenvalue weighted by molar-refractivity contribution is 0.988. The molecule has 0 saturated heterocycles. The van der Waals surface area contributed by atoms with Crippen LogP contribution < -0.4 is 0 Å². The van der Waals surface area contributed by atoms with Crippen LogP contribution in [-0.4, -0.2) is 15.2 Å². The van der Waals surface area contributed by atoms with Crippen molar-refractivity contribution in [3.05, 3.63) is 22.1 Å². The molecule has 1 N–H and O–H groups in total. The fraction of sp³-hybridized carbons (Fsp3) is 0.250. The number of pyridine rings is 1. The van der Waals surface area contributed by atoms with Crippen LogP contribution in [0.4, 0.5) is 0 Å².